The normalized spacial score (nSPS) is 26.4. The van der Waals surface area contributed by atoms with Crippen LogP contribution in [0.4, 0.5) is 0 Å². The lowest BCUT2D eigenvalue weighted by Gasteiger charge is -2.31. The van der Waals surface area contributed by atoms with Gasteiger partial charge in [-0.2, -0.15) is 0 Å². The molecule has 0 aliphatic heterocycles. The zero-order valence-corrected chi connectivity index (χ0v) is 8.76. The van der Waals surface area contributed by atoms with Crippen LogP contribution < -0.4 is 5.73 Å². The Balaban J connectivity index is 1.99. The highest BCUT2D eigenvalue weighted by Crippen LogP contribution is 2.41. The van der Waals surface area contributed by atoms with E-state index in [-0.39, 0.29) is 0 Å². The van der Waals surface area contributed by atoms with E-state index in [1.807, 2.05) is 11.3 Å². The first kappa shape index (κ1) is 8.45. The number of benzene rings is 1. The number of rotatable bonds is 1. The fourth-order valence-corrected chi connectivity index (χ4v) is 3.29. The molecule has 1 aromatic carbocycles. The molecule has 0 atom stereocenters. The largest absolute Gasteiger partial charge is 0.328 e. The van der Waals surface area contributed by atoms with E-state index < -0.39 is 0 Å². The molecule has 2 N–H and O–H groups in total. The van der Waals surface area contributed by atoms with Crippen LogP contribution in [0.2, 0.25) is 0 Å². The highest BCUT2D eigenvalue weighted by molar-refractivity contribution is 7.19. The molecule has 0 amide bonds. The van der Waals surface area contributed by atoms with E-state index in [2.05, 4.69) is 30.3 Å². The maximum atomic E-state index is 5.81. The number of nitrogens with two attached hydrogens (primary N) is 1. The molecule has 0 bridgehead atoms. The topological polar surface area (TPSA) is 26.0 Å². The number of hydrogen-bond acceptors (Lipinski definition) is 2. The van der Waals surface area contributed by atoms with Crippen LogP contribution in [0.5, 0.6) is 0 Å². The van der Waals surface area contributed by atoms with Crippen LogP contribution in [0.15, 0.2) is 30.3 Å². The average Bonchev–Trinajstić information content (AvgIpc) is 2.55. The Morgan fingerprint density at radius 2 is 2.00 bits per heavy atom. The third-order valence-electron chi connectivity index (χ3n) is 3.02. The molecule has 1 fully saturated rings. The van der Waals surface area contributed by atoms with Crippen molar-refractivity contribution in [3.63, 3.8) is 0 Å². The molecule has 1 aliphatic rings. The van der Waals surface area contributed by atoms with Gasteiger partial charge in [-0.05, 0) is 36.3 Å². The van der Waals surface area contributed by atoms with Crippen molar-refractivity contribution in [2.45, 2.75) is 24.8 Å². The zero-order valence-electron chi connectivity index (χ0n) is 7.94. The van der Waals surface area contributed by atoms with Crippen molar-refractivity contribution in [2.24, 2.45) is 5.73 Å². The molecule has 0 unspecified atom stereocenters. The molecule has 0 spiro atoms. The average molecular weight is 203 g/mol. The van der Waals surface area contributed by atoms with Crippen molar-refractivity contribution >= 4 is 21.4 Å². The molecular weight excluding hydrogens is 190 g/mol. The minimum Gasteiger partial charge on any atom is -0.328 e. The van der Waals surface area contributed by atoms with Crippen molar-refractivity contribution in [1.29, 1.82) is 0 Å². The summed E-state index contributed by atoms with van der Waals surface area (Å²) in [4.78, 5) is 1.52. The second kappa shape index (κ2) is 3.07. The molecule has 2 aromatic rings. The quantitative estimate of drug-likeness (QED) is 0.757. The van der Waals surface area contributed by atoms with E-state index in [9.17, 15) is 0 Å². The van der Waals surface area contributed by atoms with E-state index in [1.165, 1.54) is 27.8 Å². The first-order valence-corrected chi connectivity index (χ1v) is 5.88. The highest BCUT2D eigenvalue weighted by atomic mass is 32.1. The van der Waals surface area contributed by atoms with Crippen molar-refractivity contribution < 1.29 is 0 Å². The Bertz CT molecular complexity index is 421. The second-order valence-electron chi connectivity index (χ2n) is 4.12. The molecule has 1 heterocycles. The lowest BCUT2D eigenvalue weighted by atomic mass is 9.80. The summed E-state index contributed by atoms with van der Waals surface area (Å²) in [6.07, 6.45) is 2.35. The summed E-state index contributed by atoms with van der Waals surface area (Å²) < 4.78 is 1.41. The van der Waals surface area contributed by atoms with Crippen molar-refractivity contribution in [3.8, 4) is 0 Å². The van der Waals surface area contributed by atoms with Gasteiger partial charge >= 0.3 is 0 Å². The summed E-state index contributed by atoms with van der Waals surface area (Å²) >= 11 is 1.93. The van der Waals surface area contributed by atoms with Gasteiger partial charge in [0.15, 0.2) is 0 Å². The molecule has 0 radical (unpaired) electrons. The van der Waals surface area contributed by atoms with Crippen LogP contribution in [-0.2, 0) is 0 Å². The van der Waals surface area contributed by atoms with Gasteiger partial charge in [0.25, 0.3) is 0 Å². The van der Waals surface area contributed by atoms with Gasteiger partial charge in [-0.25, -0.2) is 0 Å². The predicted octanol–water partition coefficient (Wildman–Crippen LogP) is 3.11. The molecule has 0 saturated heterocycles. The zero-order chi connectivity index (χ0) is 9.54. The van der Waals surface area contributed by atoms with Gasteiger partial charge in [0.05, 0.1) is 0 Å². The minimum absolute atomic E-state index is 0.449. The first-order chi connectivity index (χ1) is 6.83. The number of fused-ring (bicyclic) bond motifs is 1. The molecule has 1 nitrogen and oxygen atoms in total. The molecular formula is C12H13NS. The summed E-state index contributed by atoms with van der Waals surface area (Å²) in [5.41, 5.74) is 5.81. The number of hydrogen-bond donors (Lipinski definition) is 1. The summed E-state index contributed by atoms with van der Waals surface area (Å²) in [6, 6.07) is 11.4. The molecule has 72 valence electrons. The van der Waals surface area contributed by atoms with Gasteiger partial charge in [0, 0.05) is 15.6 Å². The van der Waals surface area contributed by atoms with Gasteiger partial charge in [-0.1, -0.05) is 18.2 Å². The standard InChI is InChI=1S/C12H13NS/c13-10-5-9(6-10)12-7-8-3-1-2-4-11(8)14-12/h1-4,7,9-10H,5-6,13H2. The third kappa shape index (κ3) is 1.26. The third-order valence-corrected chi connectivity index (χ3v) is 4.30. The minimum atomic E-state index is 0.449. The lowest BCUT2D eigenvalue weighted by molar-refractivity contribution is 0.356. The van der Waals surface area contributed by atoms with E-state index in [1.54, 1.807) is 0 Å². The fraction of sp³-hybridized carbons (Fsp3) is 0.333. The Kier molecular flexibility index (Phi) is 1.85. The monoisotopic (exact) mass is 203 g/mol. The summed E-state index contributed by atoms with van der Waals surface area (Å²) in [6.45, 7) is 0. The molecule has 1 aliphatic carbocycles. The molecule has 3 rings (SSSR count). The Morgan fingerprint density at radius 3 is 2.71 bits per heavy atom. The number of thiophene rings is 1. The predicted molar refractivity (Wildman–Crippen MR) is 61.8 cm³/mol. The van der Waals surface area contributed by atoms with Crippen LogP contribution in [0, 0.1) is 0 Å². The van der Waals surface area contributed by atoms with E-state index >= 15 is 0 Å². The maximum Gasteiger partial charge on any atom is 0.0345 e. The maximum absolute atomic E-state index is 5.81. The Morgan fingerprint density at radius 1 is 1.21 bits per heavy atom. The van der Waals surface area contributed by atoms with Crippen LogP contribution >= 0.6 is 11.3 Å². The SMILES string of the molecule is NC1CC(c2cc3ccccc3s2)C1. The van der Waals surface area contributed by atoms with Gasteiger partial charge in [-0.15, -0.1) is 11.3 Å². The van der Waals surface area contributed by atoms with E-state index in [0.717, 1.165) is 5.92 Å². The van der Waals surface area contributed by atoms with Crippen LogP contribution in [0.25, 0.3) is 10.1 Å². The van der Waals surface area contributed by atoms with E-state index in [0.29, 0.717) is 6.04 Å². The van der Waals surface area contributed by atoms with Crippen LogP contribution in [0.3, 0.4) is 0 Å². The van der Waals surface area contributed by atoms with E-state index in [4.69, 9.17) is 5.73 Å². The highest BCUT2D eigenvalue weighted by Gasteiger charge is 2.28. The molecule has 1 aromatic heterocycles. The lowest BCUT2D eigenvalue weighted by Crippen LogP contribution is -2.34. The Hall–Kier alpha value is -0.860. The molecule has 1 saturated carbocycles. The van der Waals surface area contributed by atoms with Crippen molar-refractivity contribution in [3.05, 3.63) is 35.2 Å². The van der Waals surface area contributed by atoms with Gasteiger partial charge in [0.2, 0.25) is 0 Å². The Labute approximate surface area is 87.5 Å². The van der Waals surface area contributed by atoms with Gasteiger partial charge < -0.3 is 5.73 Å². The van der Waals surface area contributed by atoms with Gasteiger partial charge in [0.1, 0.15) is 0 Å². The summed E-state index contributed by atoms with van der Waals surface area (Å²) in [5.74, 6) is 0.738. The van der Waals surface area contributed by atoms with Crippen molar-refractivity contribution in [2.75, 3.05) is 0 Å². The van der Waals surface area contributed by atoms with Crippen LogP contribution in [0.1, 0.15) is 23.6 Å². The molecule has 14 heavy (non-hydrogen) atoms. The summed E-state index contributed by atoms with van der Waals surface area (Å²) in [7, 11) is 0. The molecule has 2 heteroatoms. The summed E-state index contributed by atoms with van der Waals surface area (Å²) in [5, 5.41) is 1.38. The first-order valence-electron chi connectivity index (χ1n) is 5.07. The van der Waals surface area contributed by atoms with Crippen LogP contribution in [-0.4, -0.2) is 6.04 Å². The fourth-order valence-electron chi connectivity index (χ4n) is 2.10. The smallest absolute Gasteiger partial charge is 0.0345 e. The van der Waals surface area contributed by atoms with Crippen molar-refractivity contribution in [1.82, 2.24) is 0 Å². The second-order valence-corrected chi connectivity index (χ2v) is 5.23. The van der Waals surface area contributed by atoms with Gasteiger partial charge in [-0.3, -0.25) is 0 Å².